The van der Waals surface area contributed by atoms with E-state index in [2.05, 4.69) is 16.5 Å². The Morgan fingerprint density at radius 3 is 2.84 bits per heavy atom. The molecule has 0 saturated carbocycles. The van der Waals surface area contributed by atoms with Crippen LogP contribution in [0, 0.1) is 17.1 Å². The van der Waals surface area contributed by atoms with E-state index in [0.717, 1.165) is 12.3 Å². The van der Waals surface area contributed by atoms with Crippen LogP contribution in [0.4, 0.5) is 8.78 Å². The van der Waals surface area contributed by atoms with Gasteiger partial charge in [0.15, 0.2) is 0 Å². The van der Waals surface area contributed by atoms with Gasteiger partial charge in [-0.25, -0.2) is 13.8 Å². The van der Waals surface area contributed by atoms with Crippen molar-refractivity contribution in [3.63, 3.8) is 0 Å². The highest BCUT2D eigenvalue weighted by atomic mass is 19.1. The van der Waals surface area contributed by atoms with Gasteiger partial charge in [0.2, 0.25) is 0 Å². The van der Waals surface area contributed by atoms with E-state index in [1.165, 1.54) is 35.9 Å². The molecule has 0 unspecified atom stereocenters. The van der Waals surface area contributed by atoms with Gasteiger partial charge >= 0.3 is 0 Å². The van der Waals surface area contributed by atoms with Crippen molar-refractivity contribution >= 4 is 5.57 Å². The Bertz CT molecular complexity index is 1400. The fraction of sp³-hybridized carbons (Fsp3) is 0.0833. The molecule has 32 heavy (non-hydrogen) atoms. The van der Waals surface area contributed by atoms with Crippen molar-refractivity contribution < 1.29 is 13.5 Å². The maximum absolute atomic E-state index is 14.4. The number of nitriles is 1. The van der Waals surface area contributed by atoms with Gasteiger partial charge in [-0.1, -0.05) is 18.7 Å². The minimum Gasteiger partial charge on any atom is -0.485 e. The fourth-order valence-corrected chi connectivity index (χ4v) is 3.56. The molecule has 158 valence electrons. The molecule has 0 aliphatic carbocycles. The van der Waals surface area contributed by atoms with Gasteiger partial charge in [-0.2, -0.15) is 5.26 Å². The van der Waals surface area contributed by atoms with Crippen LogP contribution >= 0.6 is 0 Å². The zero-order chi connectivity index (χ0) is 22.8. The third kappa shape index (κ3) is 3.40. The van der Waals surface area contributed by atoms with Crippen LogP contribution in [0.5, 0.6) is 5.75 Å². The maximum atomic E-state index is 14.4. The van der Waals surface area contributed by atoms with Gasteiger partial charge in [0.25, 0.3) is 5.56 Å². The molecule has 8 heteroatoms. The molecule has 0 saturated heterocycles. The van der Waals surface area contributed by atoms with E-state index in [4.69, 9.17) is 4.74 Å². The van der Waals surface area contributed by atoms with Crippen LogP contribution < -0.4 is 10.3 Å². The number of aromatic nitrogens is 3. The van der Waals surface area contributed by atoms with E-state index >= 15 is 0 Å². The molecule has 1 aliphatic rings. The van der Waals surface area contributed by atoms with E-state index in [0.29, 0.717) is 22.6 Å². The van der Waals surface area contributed by atoms with Crippen molar-refractivity contribution in [1.29, 1.82) is 5.26 Å². The number of allylic oxidation sites excluding steroid dienone is 5. The van der Waals surface area contributed by atoms with Crippen LogP contribution in [0.25, 0.3) is 22.5 Å². The largest absolute Gasteiger partial charge is 0.485 e. The first-order valence-electron chi connectivity index (χ1n) is 9.57. The number of hydrogen-bond acceptors (Lipinski definition) is 5. The van der Waals surface area contributed by atoms with Crippen LogP contribution in [0.3, 0.4) is 0 Å². The van der Waals surface area contributed by atoms with E-state index in [-0.39, 0.29) is 29.1 Å². The van der Waals surface area contributed by atoms with Crippen LogP contribution in [0.2, 0.25) is 0 Å². The Balaban J connectivity index is 2.15. The molecular formula is C24H16F2N4O2. The smallest absolute Gasteiger partial charge is 0.263 e. The molecule has 4 heterocycles. The monoisotopic (exact) mass is 430 g/mol. The molecule has 3 aromatic rings. The Kier molecular flexibility index (Phi) is 5.48. The van der Waals surface area contributed by atoms with Crippen LogP contribution in [0.1, 0.15) is 18.2 Å². The van der Waals surface area contributed by atoms with E-state index in [1.54, 1.807) is 18.3 Å². The minimum absolute atomic E-state index is 0.0284. The van der Waals surface area contributed by atoms with E-state index in [1.807, 2.05) is 6.07 Å². The Morgan fingerprint density at radius 1 is 1.38 bits per heavy atom. The highest BCUT2D eigenvalue weighted by Gasteiger charge is 2.27. The second-order valence-corrected chi connectivity index (χ2v) is 6.80. The summed E-state index contributed by atoms with van der Waals surface area (Å²) >= 11 is 0. The van der Waals surface area contributed by atoms with Crippen LogP contribution in [-0.4, -0.2) is 14.5 Å². The zero-order valence-electron chi connectivity index (χ0n) is 17.0. The Morgan fingerprint density at radius 2 is 2.19 bits per heavy atom. The normalized spacial score (nSPS) is 13.2. The SMILES string of the molecule is C=C/C(=C(C#N)\C(F)=C/C)c1cc2c(n(-c3cccnc3)c1=O)COc1cc(F)cnc1-2. The summed E-state index contributed by atoms with van der Waals surface area (Å²) in [6.07, 6.45) is 6.49. The molecule has 4 rings (SSSR count). The summed E-state index contributed by atoms with van der Waals surface area (Å²) in [6, 6.07) is 7.87. The van der Waals surface area contributed by atoms with Gasteiger partial charge in [0, 0.05) is 29.0 Å². The van der Waals surface area contributed by atoms with Crippen molar-refractivity contribution in [2.24, 2.45) is 0 Å². The number of hydrogen-bond donors (Lipinski definition) is 0. The highest BCUT2D eigenvalue weighted by Crippen LogP contribution is 2.38. The quantitative estimate of drug-likeness (QED) is 0.444. The van der Waals surface area contributed by atoms with Gasteiger partial charge in [0.05, 0.1) is 29.3 Å². The molecule has 3 aromatic heterocycles. The average molecular weight is 430 g/mol. The zero-order valence-corrected chi connectivity index (χ0v) is 17.0. The lowest BCUT2D eigenvalue weighted by molar-refractivity contribution is 0.290. The van der Waals surface area contributed by atoms with Crippen molar-refractivity contribution in [2.75, 3.05) is 0 Å². The lowest BCUT2D eigenvalue weighted by Crippen LogP contribution is -2.28. The first kappa shape index (κ1) is 20.9. The molecule has 0 N–H and O–H groups in total. The van der Waals surface area contributed by atoms with Crippen LogP contribution in [0.15, 0.2) is 77.8 Å². The summed E-state index contributed by atoms with van der Waals surface area (Å²) in [5.41, 5.74) is 0.945. The van der Waals surface area contributed by atoms with Gasteiger partial charge in [-0.05, 0) is 25.1 Å². The third-order valence-electron chi connectivity index (χ3n) is 5.01. The summed E-state index contributed by atoms with van der Waals surface area (Å²) in [5, 5.41) is 9.57. The number of halogens is 2. The molecule has 6 nitrogen and oxygen atoms in total. The number of pyridine rings is 3. The first-order valence-corrected chi connectivity index (χ1v) is 9.57. The number of rotatable bonds is 4. The minimum atomic E-state index is -0.781. The van der Waals surface area contributed by atoms with Gasteiger partial charge < -0.3 is 4.74 Å². The molecule has 0 atom stereocenters. The van der Waals surface area contributed by atoms with Gasteiger partial charge in [-0.3, -0.25) is 14.3 Å². The van der Waals surface area contributed by atoms with Gasteiger partial charge in [0.1, 0.15) is 35.8 Å². The third-order valence-corrected chi connectivity index (χ3v) is 5.01. The maximum Gasteiger partial charge on any atom is 0.263 e. The molecule has 0 amide bonds. The van der Waals surface area contributed by atoms with Crippen molar-refractivity contribution in [2.45, 2.75) is 13.5 Å². The number of fused-ring (bicyclic) bond motifs is 3. The van der Waals surface area contributed by atoms with Crippen molar-refractivity contribution in [1.82, 2.24) is 14.5 Å². The topological polar surface area (TPSA) is 80.8 Å². The summed E-state index contributed by atoms with van der Waals surface area (Å²) in [4.78, 5) is 21.8. The fourth-order valence-electron chi connectivity index (χ4n) is 3.56. The first-order chi connectivity index (χ1) is 15.5. The van der Waals surface area contributed by atoms with E-state index < -0.39 is 17.2 Å². The summed E-state index contributed by atoms with van der Waals surface area (Å²) in [7, 11) is 0. The average Bonchev–Trinajstić information content (AvgIpc) is 2.82. The molecule has 0 fully saturated rings. The van der Waals surface area contributed by atoms with Crippen molar-refractivity contribution in [3.8, 4) is 28.8 Å². The predicted molar refractivity (Wildman–Crippen MR) is 115 cm³/mol. The molecule has 0 spiro atoms. The van der Waals surface area contributed by atoms with E-state index in [9.17, 15) is 18.8 Å². The highest BCUT2D eigenvalue weighted by molar-refractivity contribution is 5.84. The molecule has 0 bridgehead atoms. The number of nitrogens with zero attached hydrogens (tertiary/aromatic N) is 4. The number of ether oxygens (including phenoxy) is 1. The lowest BCUT2D eigenvalue weighted by Gasteiger charge is -2.24. The standard InChI is InChI=1S/C24H16F2N4O2/c1-3-16(19(10-27)20(26)4-2)17-9-18-21(13-32-22-8-14(25)11-29-23(18)22)30(24(17)31)15-6-5-7-28-12-15/h3-9,11-12H,1,13H2,2H3/b19-16+,20-4+. The lowest BCUT2D eigenvalue weighted by atomic mass is 9.95. The predicted octanol–water partition coefficient (Wildman–Crippen LogP) is 4.66. The molecular weight excluding hydrogens is 414 g/mol. The van der Waals surface area contributed by atoms with Crippen molar-refractivity contribution in [3.05, 3.63) is 100 Å². The second-order valence-electron chi connectivity index (χ2n) is 6.80. The molecule has 0 aromatic carbocycles. The summed E-state index contributed by atoms with van der Waals surface area (Å²) in [6.45, 7) is 5.10. The molecule has 1 aliphatic heterocycles. The summed E-state index contributed by atoms with van der Waals surface area (Å²) < 4.78 is 35.2. The Labute approximate surface area is 182 Å². The van der Waals surface area contributed by atoms with Crippen LogP contribution in [-0.2, 0) is 6.61 Å². The van der Waals surface area contributed by atoms with Gasteiger partial charge in [-0.15, -0.1) is 0 Å². The second kappa shape index (κ2) is 8.40. The summed E-state index contributed by atoms with van der Waals surface area (Å²) in [5.74, 6) is -1.14. The molecule has 0 radical (unpaired) electrons. The Hall–Kier alpha value is -4.38.